The lowest BCUT2D eigenvalue weighted by atomic mass is 10.2. The Morgan fingerprint density at radius 2 is 1.88 bits per heavy atom. The topological polar surface area (TPSA) is 26.7 Å². The number of unbranched alkanes of at least 4 members (excludes halogenated alkanes) is 2. The van der Waals surface area contributed by atoms with E-state index in [0.717, 1.165) is 32.6 Å². The summed E-state index contributed by atoms with van der Waals surface area (Å²) in [6.07, 6.45) is 4.83. The van der Waals surface area contributed by atoms with Gasteiger partial charge in [0.25, 0.3) is 0 Å². The summed E-state index contributed by atoms with van der Waals surface area (Å²) in [4.78, 5) is 4.53. The molecule has 3 nitrogen and oxygen atoms in total. The van der Waals surface area contributed by atoms with Crippen molar-refractivity contribution in [3.63, 3.8) is 0 Å². The van der Waals surface area contributed by atoms with Crippen LogP contribution in [-0.4, -0.2) is 62.7 Å². The van der Waals surface area contributed by atoms with Crippen LogP contribution in [0.3, 0.4) is 0 Å². The van der Waals surface area contributed by atoms with E-state index < -0.39 is 0 Å². The SMILES string of the molecule is [3H]OC(CCN(C)CCCCC)CN(C)CC. The highest BCUT2D eigenvalue weighted by molar-refractivity contribution is 4.63. The zero-order chi connectivity index (χ0) is 13.1. The van der Waals surface area contributed by atoms with Crippen molar-refractivity contribution in [2.24, 2.45) is 0 Å². The lowest BCUT2D eigenvalue weighted by Crippen LogP contribution is -2.32. The van der Waals surface area contributed by atoms with Gasteiger partial charge in [-0.1, -0.05) is 26.7 Å². The summed E-state index contributed by atoms with van der Waals surface area (Å²) >= 11 is 0. The van der Waals surface area contributed by atoms with E-state index in [1.807, 2.05) is 0 Å². The van der Waals surface area contributed by atoms with E-state index in [-0.39, 0.29) is 6.10 Å². The standard InChI is InChI=1S/C13H30N2O/c1-5-7-8-10-15(4)11-9-13(16)12-14(3)6-2/h13,16H,5-12H2,1-4H3/i16T. The van der Waals surface area contributed by atoms with Gasteiger partial charge in [0.15, 0.2) is 0 Å². The van der Waals surface area contributed by atoms with Crippen molar-refractivity contribution < 1.29 is 5.11 Å². The average Bonchev–Trinajstić information content (AvgIpc) is 2.34. The summed E-state index contributed by atoms with van der Waals surface area (Å²) in [6, 6.07) is 0. The molecule has 0 aromatic carbocycles. The van der Waals surface area contributed by atoms with E-state index in [0.29, 0.717) is 0 Å². The van der Waals surface area contributed by atoms with Crippen molar-refractivity contribution in [1.82, 2.24) is 9.80 Å². The smallest absolute Gasteiger partial charge is 0.211 e. The monoisotopic (exact) mass is 232 g/mol. The average molecular weight is 232 g/mol. The summed E-state index contributed by atoms with van der Waals surface area (Å²) in [6.45, 7) is 8.38. The first-order chi connectivity index (χ1) is 8.13. The molecule has 0 spiro atoms. The van der Waals surface area contributed by atoms with E-state index in [1.165, 1.54) is 19.3 Å². The molecule has 0 aliphatic heterocycles. The molecule has 3 heteroatoms. The molecule has 0 bridgehead atoms. The highest BCUT2D eigenvalue weighted by Gasteiger charge is 2.08. The van der Waals surface area contributed by atoms with Crippen molar-refractivity contribution in [3.8, 4) is 0 Å². The van der Waals surface area contributed by atoms with Crippen LogP contribution in [0.5, 0.6) is 0 Å². The fourth-order valence-corrected chi connectivity index (χ4v) is 1.68. The van der Waals surface area contributed by atoms with Crippen LogP contribution in [0, 0.1) is 0 Å². The molecule has 1 N–H and O–H groups in total. The van der Waals surface area contributed by atoms with Crippen LogP contribution in [0.15, 0.2) is 0 Å². The molecule has 0 aliphatic carbocycles. The molecular weight excluding hydrogens is 200 g/mol. The number of aliphatic hydroxyl groups is 1. The molecule has 0 saturated heterocycles. The maximum Gasteiger partial charge on any atom is 0.211 e. The molecule has 0 saturated carbocycles. The molecule has 0 radical (unpaired) electrons. The molecule has 0 rings (SSSR count). The van der Waals surface area contributed by atoms with Crippen LogP contribution in [0.1, 0.15) is 39.5 Å². The molecule has 1 unspecified atom stereocenters. The minimum absolute atomic E-state index is 0.0357. The van der Waals surface area contributed by atoms with Gasteiger partial charge in [0.1, 0.15) is 0 Å². The molecular formula is C13H30N2O. The minimum atomic E-state index is 0.0357. The van der Waals surface area contributed by atoms with Gasteiger partial charge >= 0.3 is 0 Å². The van der Waals surface area contributed by atoms with Crippen LogP contribution in [0.4, 0.5) is 0 Å². The van der Waals surface area contributed by atoms with Gasteiger partial charge < -0.3 is 14.9 Å². The Labute approximate surface area is 103 Å². The van der Waals surface area contributed by atoms with Gasteiger partial charge in [0.05, 0.1) is 6.10 Å². The molecule has 98 valence electrons. The third-order valence-corrected chi connectivity index (χ3v) is 3.03. The maximum absolute atomic E-state index is 7.10. The van der Waals surface area contributed by atoms with Crippen molar-refractivity contribution in [2.45, 2.75) is 45.6 Å². The zero-order valence-corrected chi connectivity index (χ0v) is 11.5. The number of nitrogens with zero attached hydrogens (tertiary/aromatic N) is 2. The van der Waals surface area contributed by atoms with Gasteiger partial charge in [0.2, 0.25) is 1.43 Å². The first-order valence-electron chi connectivity index (χ1n) is 7.03. The van der Waals surface area contributed by atoms with Crippen molar-refractivity contribution in [3.05, 3.63) is 0 Å². The maximum atomic E-state index is 7.10. The third kappa shape index (κ3) is 9.13. The predicted molar refractivity (Wildman–Crippen MR) is 70.8 cm³/mol. The van der Waals surface area contributed by atoms with E-state index in [1.54, 1.807) is 0 Å². The van der Waals surface area contributed by atoms with Crippen LogP contribution in [0.25, 0.3) is 0 Å². The highest BCUT2D eigenvalue weighted by atomic mass is 16.3. The van der Waals surface area contributed by atoms with Gasteiger partial charge in [-0.15, -0.1) is 0 Å². The number of hydrogen-bond donors (Lipinski definition) is 1. The first-order valence-corrected chi connectivity index (χ1v) is 6.63. The van der Waals surface area contributed by atoms with E-state index in [9.17, 15) is 0 Å². The van der Waals surface area contributed by atoms with Crippen LogP contribution >= 0.6 is 0 Å². The summed E-state index contributed by atoms with van der Waals surface area (Å²) in [5, 5.41) is 4.78. The number of likely N-dealkylation sites (N-methyl/N-ethyl adjacent to an activating group) is 1. The Balaban J connectivity index is 3.66. The fourth-order valence-electron chi connectivity index (χ4n) is 1.68. The normalized spacial score (nSPS) is 14.5. The van der Waals surface area contributed by atoms with E-state index >= 15 is 0 Å². The molecule has 0 heterocycles. The van der Waals surface area contributed by atoms with Crippen LogP contribution in [-0.2, 0) is 0 Å². The number of hydrogen-bond acceptors (Lipinski definition) is 3. The highest BCUT2D eigenvalue weighted by Crippen LogP contribution is 2.00. The van der Waals surface area contributed by atoms with Crippen molar-refractivity contribution in [2.75, 3.05) is 40.3 Å². The Morgan fingerprint density at radius 1 is 1.12 bits per heavy atom. The lowest BCUT2D eigenvalue weighted by Gasteiger charge is -2.22. The van der Waals surface area contributed by atoms with Gasteiger partial charge in [-0.25, -0.2) is 0 Å². The van der Waals surface area contributed by atoms with Gasteiger partial charge in [-0.3, -0.25) is 0 Å². The molecule has 1 atom stereocenters. The van der Waals surface area contributed by atoms with E-state index in [4.69, 9.17) is 6.54 Å². The zero-order valence-electron chi connectivity index (χ0n) is 12.5. The van der Waals surface area contributed by atoms with Gasteiger partial charge in [0, 0.05) is 13.1 Å². The predicted octanol–water partition coefficient (Wildman–Crippen LogP) is 1.81. The Bertz CT molecular complexity index is 169. The molecule has 0 aromatic rings. The van der Waals surface area contributed by atoms with Crippen molar-refractivity contribution >= 4 is 0 Å². The molecule has 0 aromatic heterocycles. The summed E-state index contributed by atoms with van der Waals surface area (Å²) < 4.78 is 7.10. The van der Waals surface area contributed by atoms with Crippen LogP contribution in [0.2, 0.25) is 0 Å². The van der Waals surface area contributed by atoms with Gasteiger partial charge in [-0.2, -0.15) is 0 Å². The minimum Gasteiger partial charge on any atom is -0.392 e. The second kappa shape index (κ2) is 10.1. The summed E-state index contributed by atoms with van der Waals surface area (Å²) in [7, 11) is 4.22. The number of aliphatic hydroxyl groups excluding tert-OH is 1. The summed E-state index contributed by atoms with van der Waals surface area (Å²) in [5.74, 6) is 0. The van der Waals surface area contributed by atoms with Gasteiger partial charge in [-0.05, 0) is 40.0 Å². The Morgan fingerprint density at radius 3 is 2.44 bits per heavy atom. The lowest BCUT2D eigenvalue weighted by molar-refractivity contribution is 0.109. The van der Waals surface area contributed by atoms with Crippen molar-refractivity contribution in [1.29, 1.82) is 1.43 Å². The quantitative estimate of drug-likeness (QED) is 0.550. The molecule has 0 amide bonds. The first kappa shape index (κ1) is 13.9. The van der Waals surface area contributed by atoms with E-state index in [2.05, 4.69) is 37.7 Å². The molecule has 0 aliphatic rings. The summed E-state index contributed by atoms with van der Waals surface area (Å²) in [5.41, 5.74) is 0. The molecule has 0 fully saturated rings. The fraction of sp³-hybridized carbons (Fsp3) is 1.00. The Hall–Kier alpha value is -0.120. The Kier molecular flexibility index (Phi) is 8.77. The second-order valence-electron chi connectivity index (χ2n) is 4.78. The van der Waals surface area contributed by atoms with Crippen LogP contribution < -0.4 is 0 Å². The molecule has 16 heavy (non-hydrogen) atoms. The largest absolute Gasteiger partial charge is 0.392 e. The number of rotatable bonds is 11. The third-order valence-electron chi connectivity index (χ3n) is 3.03. The second-order valence-corrected chi connectivity index (χ2v) is 4.78.